The Bertz CT molecular complexity index is 703. The Kier molecular flexibility index (Phi) is 7.05. The minimum atomic E-state index is -4.39. The van der Waals surface area contributed by atoms with Crippen molar-refractivity contribution in [3.05, 3.63) is 29.3 Å². The van der Waals surface area contributed by atoms with Gasteiger partial charge in [-0.05, 0) is 49.8 Å². The van der Waals surface area contributed by atoms with E-state index in [4.69, 9.17) is 9.47 Å². The molecule has 0 unspecified atom stereocenters. The third-order valence-electron chi connectivity index (χ3n) is 5.91. The molecule has 1 aromatic rings. The van der Waals surface area contributed by atoms with Gasteiger partial charge in [0.25, 0.3) is 0 Å². The monoisotopic (exact) mass is 414 g/mol. The van der Waals surface area contributed by atoms with Crippen molar-refractivity contribution in [2.24, 2.45) is 5.92 Å². The van der Waals surface area contributed by atoms with Crippen molar-refractivity contribution in [1.29, 1.82) is 0 Å². The smallest absolute Gasteiger partial charge is 0.416 e. The molecule has 0 saturated carbocycles. The normalized spacial score (nSPS) is 23.4. The maximum absolute atomic E-state index is 13.4. The van der Waals surface area contributed by atoms with Crippen molar-refractivity contribution in [1.82, 2.24) is 5.32 Å². The summed E-state index contributed by atoms with van der Waals surface area (Å²) in [7, 11) is 1.37. The Balaban J connectivity index is 1.81. The first-order valence-electron chi connectivity index (χ1n) is 10.2. The summed E-state index contributed by atoms with van der Waals surface area (Å²) < 4.78 is 50.4. The number of anilines is 1. The molecule has 1 N–H and O–H groups in total. The lowest BCUT2D eigenvalue weighted by Gasteiger charge is -2.35. The van der Waals surface area contributed by atoms with Crippen molar-refractivity contribution < 1.29 is 27.4 Å². The van der Waals surface area contributed by atoms with Gasteiger partial charge in [0.15, 0.2) is 0 Å². The molecule has 0 bridgehead atoms. The number of carbonyl (C=O) groups excluding carboxylic acids is 1. The standard InChI is InChI=1S/C21H29F3N2O3/c1-3-29-13-17-10-15(12-25-17)18-5-4-16(21(22,23)24)11-19(18)26-8-6-14(7-9-26)20(27)28-2/h4-5,11,14-15,17,25H,3,6-10,12-13H2,1-2H3/t15-,17+/m1/s1. The van der Waals surface area contributed by atoms with E-state index in [2.05, 4.69) is 5.32 Å². The Morgan fingerprint density at radius 3 is 2.62 bits per heavy atom. The predicted octanol–water partition coefficient (Wildman–Crippen LogP) is 3.58. The van der Waals surface area contributed by atoms with Crippen molar-refractivity contribution >= 4 is 11.7 Å². The number of hydrogen-bond acceptors (Lipinski definition) is 5. The van der Waals surface area contributed by atoms with Gasteiger partial charge in [0, 0.05) is 38.0 Å². The molecule has 2 saturated heterocycles. The van der Waals surface area contributed by atoms with E-state index in [0.717, 1.165) is 12.0 Å². The van der Waals surface area contributed by atoms with Crippen LogP contribution in [0.1, 0.15) is 43.2 Å². The molecule has 0 aliphatic carbocycles. The van der Waals surface area contributed by atoms with Crippen LogP contribution < -0.4 is 10.2 Å². The fourth-order valence-electron chi connectivity index (χ4n) is 4.30. The number of nitrogens with one attached hydrogen (secondary N) is 1. The van der Waals surface area contributed by atoms with E-state index < -0.39 is 11.7 Å². The highest BCUT2D eigenvalue weighted by atomic mass is 19.4. The summed E-state index contributed by atoms with van der Waals surface area (Å²) in [5, 5.41) is 3.42. The van der Waals surface area contributed by atoms with Gasteiger partial charge in [0.05, 0.1) is 25.2 Å². The topological polar surface area (TPSA) is 50.8 Å². The Morgan fingerprint density at radius 2 is 2.00 bits per heavy atom. The van der Waals surface area contributed by atoms with Crippen LogP contribution in [0.5, 0.6) is 0 Å². The van der Waals surface area contributed by atoms with Gasteiger partial charge in [-0.15, -0.1) is 0 Å². The van der Waals surface area contributed by atoms with Crippen LogP contribution in [0.4, 0.5) is 18.9 Å². The average molecular weight is 414 g/mol. The van der Waals surface area contributed by atoms with Crippen LogP contribution in [-0.4, -0.2) is 52.0 Å². The summed E-state index contributed by atoms with van der Waals surface area (Å²) in [6.07, 6.45) is -2.39. The highest BCUT2D eigenvalue weighted by Gasteiger charge is 2.35. The zero-order valence-electron chi connectivity index (χ0n) is 16.9. The molecule has 8 heteroatoms. The zero-order valence-corrected chi connectivity index (χ0v) is 16.9. The van der Waals surface area contributed by atoms with Crippen molar-refractivity contribution in [3.63, 3.8) is 0 Å². The van der Waals surface area contributed by atoms with Crippen molar-refractivity contribution in [3.8, 4) is 0 Å². The summed E-state index contributed by atoms with van der Waals surface area (Å²) in [5.74, 6) is -0.294. The zero-order chi connectivity index (χ0) is 21.0. The van der Waals surface area contributed by atoms with E-state index in [1.807, 2.05) is 11.8 Å². The molecule has 3 rings (SSSR count). The van der Waals surface area contributed by atoms with Crippen LogP contribution >= 0.6 is 0 Å². The molecule has 1 aromatic carbocycles. The van der Waals surface area contributed by atoms with Crippen LogP contribution in [0, 0.1) is 5.92 Å². The average Bonchev–Trinajstić information content (AvgIpc) is 3.19. The van der Waals surface area contributed by atoms with E-state index in [0.29, 0.717) is 51.4 Å². The number of hydrogen-bond donors (Lipinski definition) is 1. The highest BCUT2D eigenvalue weighted by Crippen LogP contribution is 2.39. The number of benzene rings is 1. The van der Waals surface area contributed by atoms with Crippen molar-refractivity contribution in [2.75, 3.05) is 44.9 Å². The Hall–Kier alpha value is -1.80. The molecule has 2 aliphatic rings. The quantitative estimate of drug-likeness (QED) is 0.722. The largest absolute Gasteiger partial charge is 0.469 e. The van der Waals surface area contributed by atoms with Gasteiger partial charge < -0.3 is 19.7 Å². The van der Waals surface area contributed by atoms with Gasteiger partial charge in [0.1, 0.15) is 0 Å². The molecule has 2 atom stereocenters. The summed E-state index contributed by atoms with van der Waals surface area (Å²) in [4.78, 5) is 13.8. The third-order valence-corrected chi connectivity index (χ3v) is 5.91. The summed E-state index contributed by atoms with van der Waals surface area (Å²) in [6, 6.07) is 4.28. The maximum Gasteiger partial charge on any atom is 0.416 e. The first-order chi connectivity index (χ1) is 13.8. The molecule has 0 radical (unpaired) electrons. The Labute approximate surface area is 169 Å². The lowest BCUT2D eigenvalue weighted by atomic mass is 9.91. The van der Waals surface area contributed by atoms with E-state index >= 15 is 0 Å². The van der Waals surface area contributed by atoms with E-state index in [-0.39, 0.29) is 23.8 Å². The molecule has 2 aliphatic heterocycles. The lowest BCUT2D eigenvalue weighted by Crippen LogP contribution is -2.37. The van der Waals surface area contributed by atoms with Crippen LogP contribution in [0.3, 0.4) is 0 Å². The molecular weight excluding hydrogens is 385 g/mol. The van der Waals surface area contributed by atoms with E-state index in [9.17, 15) is 18.0 Å². The number of piperidine rings is 1. The van der Waals surface area contributed by atoms with Crippen LogP contribution in [0.2, 0.25) is 0 Å². The second-order valence-electron chi connectivity index (χ2n) is 7.75. The van der Waals surface area contributed by atoms with Gasteiger partial charge in [-0.1, -0.05) is 6.07 Å². The molecule has 0 spiro atoms. The lowest BCUT2D eigenvalue weighted by molar-refractivity contribution is -0.146. The summed E-state index contributed by atoms with van der Waals surface area (Å²) in [5.41, 5.74) is 0.927. The predicted molar refractivity (Wildman–Crippen MR) is 104 cm³/mol. The SMILES string of the molecule is CCOC[C@@H]1C[C@@H](c2ccc(C(F)(F)F)cc2N2CCC(C(=O)OC)CC2)CN1. The van der Waals surface area contributed by atoms with Crippen LogP contribution in [0.25, 0.3) is 0 Å². The van der Waals surface area contributed by atoms with E-state index in [1.54, 1.807) is 6.07 Å². The second-order valence-corrected chi connectivity index (χ2v) is 7.75. The van der Waals surface area contributed by atoms with Crippen molar-refractivity contribution in [2.45, 2.75) is 44.3 Å². The van der Waals surface area contributed by atoms with Crippen LogP contribution in [0.15, 0.2) is 18.2 Å². The highest BCUT2D eigenvalue weighted by molar-refractivity contribution is 5.73. The number of ether oxygens (including phenoxy) is 2. The number of esters is 1. The molecule has 29 heavy (non-hydrogen) atoms. The first kappa shape index (κ1) is 21.9. The number of methoxy groups -OCH3 is 1. The summed E-state index contributed by atoms with van der Waals surface area (Å²) in [6.45, 7) is 4.98. The molecule has 5 nitrogen and oxygen atoms in total. The third kappa shape index (κ3) is 5.22. The molecular formula is C21H29F3N2O3. The number of halogens is 3. The number of rotatable bonds is 6. The fourth-order valence-corrected chi connectivity index (χ4v) is 4.30. The minimum Gasteiger partial charge on any atom is -0.469 e. The number of alkyl halides is 3. The second kappa shape index (κ2) is 9.34. The van der Waals surface area contributed by atoms with Gasteiger partial charge in [-0.2, -0.15) is 13.2 Å². The Morgan fingerprint density at radius 1 is 1.28 bits per heavy atom. The van der Waals surface area contributed by atoms with E-state index in [1.165, 1.54) is 19.2 Å². The number of nitrogens with zero attached hydrogens (tertiary/aromatic N) is 1. The van der Waals surface area contributed by atoms with Gasteiger partial charge in [0.2, 0.25) is 0 Å². The molecule has 0 aromatic heterocycles. The van der Waals surface area contributed by atoms with Gasteiger partial charge in [-0.25, -0.2) is 0 Å². The number of carbonyl (C=O) groups is 1. The summed E-state index contributed by atoms with van der Waals surface area (Å²) >= 11 is 0. The fraction of sp³-hybridized carbons (Fsp3) is 0.667. The maximum atomic E-state index is 13.4. The molecule has 2 heterocycles. The minimum absolute atomic E-state index is 0.135. The molecule has 162 valence electrons. The first-order valence-corrected chi connectivity index (χ1v) is 10.2. The van der Waals surface area contributed by atoms with Crippen LogP contribution in [-0.2, 0) is 20.4 Å². The molecule has 2 fully saturated rings. The van der Waals surface area contributed by atoms with Gasteiger partial charge >= 0.3 is 12.1 Å². The van der Waals surface area contributed by atoms with Gasteiger partial charge in [-0.3, -0.25) is 4.79 Å². The molecule has 0 amide bonds.